The number of amides is 1. The molecule has 0 saturated carbocycles. The van der Waals surface area contributed by atoms with Crippen LogP contribution in [-0.4, -0.2) is 25.2 Å². The number of nitrogens with one attached hydrogen (secondary N) is 1. The molecule has 1 N–H and O–H groups in total. The number of hydrogen-bond donors (Lipinski definition) is 1. The van der Waals surface area contributed by atoms with E-state index in [2.05, 4.69) is 5.32 Å². The van der Waals surface area contributed by atoms with Gasteiger partial charge < -0.3 is 5.32 Å². The van der Waals surface area contributed by atoms with Gasteiger partial charge >= 0.3 is 0 Å². The topological polar surface area (TPSA) is 66.5 Å². The molecule has 1 amide bonds. The molecule has 0 saturated heterocycles. The average molecular weight is 495 g/mol. The minimum absolute atomic E-state index is 0.0234. The summed E-state index contributed by atoms with van der Waals surface area (Å²) in [6.07, 6.45) is 0. The van der Waals surface area contributed by atoms with E-state index in [9.17, 15) is 17.6 Å². The summed E-state index contributed by atoms with van der Waals surface area (Å²) < 4.78 is 40.8. The fraction of sp³-hybridized carbons (Fsp3) is 0.174. The molecule has 0 aromatic heterocycles. The smallest absolute Gasteiger partial charge is 0.243 e. The predicted octanol–water partition coefficient (Wildman–Crippen LogP) is 5.20. The molecule has 0 radical (unpaired) electrons. The Morgan fingerprint density at radius 1 is 0.938 bits per heavy atom. The molecule has 0 fully saturated rings. The van der Waals surface area contributed by atoms with E-state index in [0.717, 1.165) is 4.31 Å². The third-order valence-electron chi connectivity index (χ3n) is 4.79. The van der Waals surface area contributed by atoms with Crippen molar-refractivity contribution in [3.63, 3.8) is 0 Å². The molecule has 3 aromatic rings. The van der Waals surface area contributed by atoms with Crippen molar-refractivity contribution in [3.05, 3.63) is 99.8 Å². The van der Waals surface area contributed by atoms with Crippen LogP contribution in [0.5, 0.6) is 0 Å². The summed E-state index contributed by atoms with van der Waals surface area (Å²) in [5.41, 5.74) is 1.37. The second-order valence-electron chi connectivity index (χ2n) is 7.19. The number of hydrogen-bond acceptors (Lipinski definition) is 3. The van der Waals surface area contributed by atoms with E-state index in [0.29, 0.717) is 21.2 Å². The first kappa shape index (κ1) is 24.2. The Kier molecular flexibility index (Phi) is 7.90. The van der Waals surface area contributed by atoms with Gasteiger partial charge in [0.2, 0.25) is 15.9 Å². The zero-order valence-electron chi connectivity index (χ0n) is 17.1. The van der Waals surface area contributed by atoms with Crippen LogP contribution < -0.4 is 5.32 Å². The molecule has 0 aliphatic heterocycles. The zero-order valence-corrected chi connectivity index (χ0v) is 19.5. The van der Waals surface area contributed by atoms with Crippen molar-refractivity contribution in [2.24, 2.45) is 0 Å². The molecule has 32 heavy (non-hydrogen) atoms. The molecule has 0 aliphatic carbocycles. The molecule has 3 aromatic carbocycles. The van der Waals surface area contributed by atoms with Gasteiger partial charge in [0.1, 0.15) is 5.82 Å². The van der Waals surface area contributed by atoms with Crippen molar-refractivity contribution in [1.29, 1.82) is 0 Å². The quantitative estimate of drug-likeness (QED) is 0.467. The lowest BCUT2D eigenvalue weighted by Gasteiger charge is -2.23. The summed E-state index contributed by atoms with van der Waals surface area (Å²) in [5, 5.41) is 3.69. The molecule has 1 atom stereocenters. The number of carbonyl (C=O) groups is 1. The highest BCUT2D eigenvalue weighted by atomic mass is 35.5. The van der Waals surface area contributed by atoms with Crippen molar-refractivity contribution < 1.29 is 17.6 Å². The lowest BCUT2D eigenvalue weighted by atomic mass is 10.1. The summed E-state index contributed by atoms with van der Waals surface area (Å²) in [5.74, 6) is -0.871. The predicted molar refractivity (Wildman–Crippen MR) is 123 cm³/mol. The fourth-order valence-electron chi connectivity index (χ4n) is 3.06. The van der Waals surface area contributed by atoms with Gasteiger partial charge in [-0.25, -0.2) is 12.8 Å². The highest BCUT2D eigenvalue weighted by Gasteiger charge is 2.27. The van der Waals surface area contributed by atoms with Gasteiger partial charge in [-0.15, -0.1) is 0 Å². The Hall–Kier alpha value is -2.45. The van der Waals surface area contributed by atoms with E-state index >= 15 is 0 Å². The molecule has 9 heteroatoms. The third kappa shape index (κ3) is 6.29. The van der Waals surface area contributed by atoms with Crippen molar-refractivity contribution in [2.45, 2.75) is 24.4 Å². The largest absolute Gasteiger partial charge is 0.348 e. The number of benzene rings is 3. The van der Waals surface area contributed by atoms with Crippen LogP contribution in [0.4, 0.5) is 4.39 Å². The average Bonchev–Trinajstić information content (AvgIpc) is 2.75. The second-order valence-corrected chi connectivity index (χ2v) is 10.0. The van der Waals surface area contributed by atoms with Gasteiger partial charge in [0.05, 0.1) is 17.5 Å². The zero-order chi connectivity index (χ0) is 23.3. The Morgan fingerprint density at radius 2 is 1.47 bits per heavy atom. The van der Waals surface area contributed by atoms with E-state index in [4.69, 9.17) is 23.2 Å². The van der Waals surface area contributed by atoms with Crippen molar-refractivity contribution >= 4 is 39.1 Å². The molecule has 168 valence electrons. The van der Waals surface area contributed by atoms with Gasteiger partial charge in [-0.05, 0) is 66.6 Å². The molecule has 0 bridgehead atoms. The number of sulfonamides is 1. The lowest BCUT2D eigenvalue weighted by Crippen LogP contribution is -2.41. The van der Waals surface area contributed by atoms with Gasteiger partial charge in [-0.2, -0.15) is 4.31 Å². The molecule has 5 nitrogen and oxygen atoms in total. The molecule has 3 rings (SSSR count). The summed E-state index contributed by atoms with van der Waals surface area (Å²) in [7, 11) is -4.00. The van der Waals surface area contributed by atoms with Crippen LogP contribution in [0.15, 0.2) is 77.7 Å². The minimum atomic E-state index is -4.00. The van der Waals surface area contributed by atoms with E-state index in [1.165, 1.54) is 36.4 Å². The fourth-order valence-corrected chi connectivity index (χ4v) is 4.69. The number of halogens is 3. The van der Waals surface area contributed by atoms with Gasteiger partial charge in [-0.3, -0.25) is 4.79 Å². The van der Waals surface area contributed by atoms with Crippen LogP contribution in [0.1, 0.15) is 24.1 Å². The van der Waals surface area contributed by atoms with Gasteiger partial charge in [0.15, 0.2) is 0 Å². The molecule has 0 spiro atoms. The molecule has 1 unspecified atom stereocenters. The van der Waals surface area contributed by atoms with Crippen LogP contribution in [-0.2, 0) is 21.4 Å². The first-order valence-corrected chi connectivity index (χ1v) is 11.9. The van der Waals surface area contributed by atoms with Crippen molar-refractivity contribution in [3.8, 4) is 0 Å². The maximum atomic E-state index is 13.3. The first-order chi connectivity index (χ1) is 15.1. The van der Waals surface area contributed by atoms with E-state index in [-0.39, 0.29) is 17.3 Å². The monoisotopic (exact) mass is 494 g/mol. The van der Waals surface area contributed by atoms with E-state index in [1.54, 1.807) is 43.3 Å². The Balaban J connectivity index is 1.82. The lowest BCUT2D eigenvalue weighted by molar-refractivity contribution is -0.122. The summed E-state index contributed by atoms with van der Waals surface area (Å²) in [6, 6.07) is 17.8. The van der Waals surface area contributed by atoms with Gasteiger partial charge in [0, 0.05) is 16.6 Å². The van der Waals surface area contributed by atoms with Crippen LogP contribution >= 0.6 is 23.2 Å². The summed E-state index contributed by atoms with van der Waals surface area (Å²) >= 11 is 11.8. The second kappa shape index (κ2) is 10.4. The number of nitrogens with zero attached hydrogens (tertiary/aromatic N) is 1. The van der Waals surface area contributed by atoms with Crippen molar-refractivity contribution in [1.82, 2.24) is 9.62 Å². The highest BCUT2D eigenvalue weighted by molar-refractivity contribution is 7.89. The van der Waals surface area contributed by atoms with Gasteiger partial charge in [-0.1, -0.05) is 47.5 Å². The first-order valence-electron chi connectivity index (χ1n) is 9.70. The molecular weight excluding hydrogens is 474 g/mol. The number of rotatable bonds is 8. The van der Waals surface area contributed by atoms with Crippen LogP contribution in [0.3, 0.4) is 0 Å². The van der Waals surface area contributed by atoms with E-state index in [1.807, 2.05) is 0 Å². The Bertz CT molecular complexity index is 1170. The minimum Gasteiger partial charge on any atom is -0.348 e. The Morgan fingerprint density at radius 3 is 2.03 bits per heavy atom. The van der Waals surface area contributed by atoms with Gasteiger partial charge in [0.25, 0.3) is 0 Å². The van der Waals surface area contributed by atoms with Crippen LogP contribution in [0, 0.1) is 5.82 Å². The normalized spacial score (nSPS) is 12.5. The maximum absolute atomic E-state index is 13.3. The highest BCUT2D eigenvalue weighted by Crippen LogP contribution is 2.22. The molecule has 0 aliphatic rings. The van der Waals surface area contributed by atoms with E-state index < -0.39 is 28.5 Å². The number of carbonyl (C=O) groups excluding carboxylic acids is 1. The molecular formula is C23H21Cl2FN2O3S. The Labute approximate surface area is 196 Å². The third-order valence-corrected chi connectivity index (χ3v) is 7.10. The summed E-state index contributed by atoms with van der Waals surface area (Å²) in [4.78, 5) is 12.8. The summed E-state index contributed by atoms with van der Waals surface area (Å²) in [6.45, 7) is 1.31. The molecule has 0 heterocycles. The van der Waals surface area contributed by atoms with Crippen molar-refractivity contribution in [2.75, 3.05) is 6.54 Å². The van der Waals surface area contributed by atoms with Crippen LogP contribution in [0.2, 0.25) is 10.0 Å². The SMILES string of the molecule is CC(NC(=O)CN(Cc1ccc(Cl)cc1)S(=O)(=O)c1ccc(Cl)cc1)c1ccc(F)cc1. The standard InChI is InChI=1S/C23H21Cl2FN2O3S/c1-16(18-4-10-21(26)11-5-18)27-23(29)15-28(14-17-2-6-19(24)7-3-17)32(30,31)22-12-8-20(25)9-13-22/h2-13,16H,14-15H2,1H3,(H,27,29). The maximum Gasteiger partial charge on any atom is 0.243 e. The van der Waals surface area contributed by atoms with Crippen LogP contribution in [0.25, 0.3) is 0 Å².